The van der Waals surface area contributed by atoms with E-state index in [0.717, 1.165) is 48.6 Å². The van der Waals surface area contributed by atoms with Gasteiger partial charge in [-0.1, -0.05) is 11.6 Å². The van der Waals surface area contributed by atoms with E-state index in [2.05, 4.69) is 47.3 Å². The number of ether oxygens (including phenoxy) is 1. The lowest BCUT2D eigenvalue weighted by Gasteiger charge is -2.33. The van der Waals surface area contributed by atoms with Crippen LogP contribution in [0, 0.1) is 6.92 Å². The minimum Gasteiger partial charge on any atom is -0.437 e. The van der Waals surface area contributed by atoms with Crippen molar-refractivity contribution in [2.75, 3.05) is 43.4 Å². The highest BCUT2D eigenvalue weighted by Gasteiger charge is 2.19. The summed E-state index contributed by atoms with van der Waals surface area (Å²) in [5.41, 5.74) is 2.56. The summed E-state index contributed by atoms with van der Waals surface area (Å²) in [6.45, 7) is 5.43. The number of benzene rings is 1. The van der Waals surface area contributed by atoms with E-state index in [1.165, 1.54) is 0 Å². The second-order valence-electron chi connectivity index (χ2n) is 8.13. The molecule has 33 heavy (non-hydrogen) atoms. The summed E-state index contributed by atoms with van der Waals surface area (Å²) < 4.78 is 6.14. The van der Waals surface area contributed by atoms with Crippen molar-refractivity contribution in [3.05, 3.63) is 46.7 Å². The van der Waals surface area contributed by atoms with E-state index >= 15 is 0 Å². The molecule has 0 aliphatic carbocycles. The molecule has 1 fully saturated rings. The van der Waals surface area contributed by atoms with Crippen molar-refractivity contribution in [1.29, 1.82) is 0 Å². The average Bonchev–Trinajstić information content (AvgIpc) is 3.42. The molecule has 1 saturated heterocycles. The Morgan fingerprint density at radius 1 is 1.15 bits per heavy atom. The highest BCUT2D eigenvalue weighted by molar-refractivity contribution is 6.37. The third kappa shape index (κ3) is 4.58. The molecule has 172 valence electrons. The number of hydrogen-bond acceptors (Lipinski definition) is 8. The first-order valence-corrected chi connectivity index (χ1v) is 11.1. The molecule has 4 N–H and O–H groups in total. The van der Waals surface area contributed by atoms with E-state index in [1.54, 1.807) is 6.07 Å². The van der Waals surface area contributed by atoms with Gasteiger partial charge in [-0.05, 0) is 32.2 Å². The van der Waals surface area contributed by atoms with Crippen LogP contribution in [0.2, 0.25) is 5.02 Å². The molecule has 5 rings (SSSR count). The first kappa shape index (κ1) is 21.5. The molecule has 11 heteroatoms. The Bertz CT molecular complexity index is 1280. The van der Waals surface area contributed by atoms with Crippen LogP contribution in [0.5, 0.6) is 11.6 Å². The summed E-state index contributed by atoms with van der Waals surface area (Å²) in [4.78, 5) is 17.0. The summed E-state index contributed by atoms with van der Waals surface area (Å²) in [7, 11) is 2.11. The van der Waals surface area contributed by atoms with Gasteiger partial charge in [0.05, 0.1) is 17.3 Å². The van der Waals surface area contributed by atoms with Crippen LogP contribution >= 0.6 is 11.6 Å². The number of piperazine rings is 1. The number of H-pyrrole nitrogens is 2. The van der Waals surface area contributed by atoms with E-state index < -0.39 is 0 Å². The zero-order valence-electron chi connectivity index (χ0n) is 18.4. The number of aromatic amines is 2. The number of likely N-dealkylation sites (N-methyl/N-ethyl adjacent to an activating group) is 1. The Hall–Kier alpha value is -3.34. The number of nitrogens with one attached hydrogen (secondary N) is 3. The lowest BCUT2D eigenvalue weighted by Crippen LogP contribution is -2.44. The van der Waals surface area contributed by atoms with Crippen molar-refractivity contribution in [3.63, 3.8) is 0 Å². The SMILES string of the molecule is Cc1cc2c(Cl)c(Oc3cc(N4CCN(C)CC4)nc(Nc4cc(CO)[nH]n4)n3)ccc2[nH]1. The number of aliphatic hydroxyl groups excluding tert-OH is 1. The van der Waals surface area contributed by atoms with Crippen LogP contribution in [-0.2, 0) is 6.61 Å². The van der Waals surface area contributed by atoms with Gasteiger partial charge in [0.1, 0.15) is 11.6 Å². The van der Waals surface area contributed by atoms with Gasteiger partial charge in [-0.15, -0.1) is 0 Å². The van der Waals surface area contributed by atoms with E-state index in [0.29, 0.717) is 34.1 Å². The van der Waals surface area contributed by atoms with Gasteiger partial charge in [-0.3, -0.25) is 5.10 Å². The van der Waals surface area contributed by atoms with Gasteiger partial charge in [-0.25, -0.2) is 0 Å². The van der Waals surface area contributed by atoms with Gasteiger partial charge in [-0.2, -0.15) is 15.1 Å². The van der Waals surface area contributed by atoms with Crippen LogP contribution in [0.4, 0.5) is 17.6 Å². The zero-order chi connectivity index (χ0) is 22.9. The number of aliphatic hydroxyl groups is 1. The van der Waals surface area contributed by atoms with Crippen LogP contribution in [0.15, 0.2) is 30.3 Å². The van der Waals surface area contributed by atoms with Gasteiger partial charge in [0.2, 0.25) is 11.8 Å². The van der Waals surface area contributed by atoms with Crippen LogP contribution in [0.3, 0.4) is 0 Å². The topological polar surface area (TPSA) is 118 Å². The predicted octanol–water partition coefficient (Wildman–Crippen LogP) is 3.42. The second-order valence-corrected chi connectivity index (χ2v) is 8.51. The molecule has 4 heterocycles. The van der Waals surface area contributed by atoms with Gasteiger partial charge in [0.25, 0.3) is 0 Å². The molecule has 4 aromatic rings. The fourth-order valence-corrected chi connectivity index (χ4v) is 4.08. The predicted molar refractivity (Wildman–Crippen MR) is 128 cm³/mol. The minimum atomic E-state index is -0.134. The van der Waals surface area contributed by atoms with Crippen molar-refractivity contribution in [2.24, 2.45) is 0 Å². The lowest BCUT2D eigenvalue weighted by atomic mass is 10.2. The third-order valence-corrected chi connectivity index (χ3v) is 6.00. The smallest absolute Gasteiger partial charge is 0.233 e. The molecule has 0 amide bonds. The summed E-state index contributed by atoms with van der Waals surface area (Å²) in [6, 6.07) is 9.27. The molecule has 0 unspecified atom stereocenters. The first-order valence-electron chi connectivity index (χ1n) is 10.7. The van der Waals surface area contributed by atoms with Crippen molar-refractivity contribution < 1.29 is 9.84 Å². The zero-order valence-corrected chi connectivity index (χ0v) is 19.1. The molecule has 0 atom stereocenters. The second kappa shape index (κ2) is 8.89. The number of rotatable bonds is 6. The van der Waals surface area contributed by atoms with Gasteiger partial charge >= 0.3 is 0 Å². The van der Waals surface area contributed by atoms with Crippen LogP contribution in [0.1, 0.15) is 11.4 Å². The normalized spacial score (nSPS) is 14.7. The van der Waals surface area contributed by atoms with Gasteiger partial charge in [0, 0.05) is 54.9 Å². The highest BCUT2D eigenvalue weighted by Crippen LogP contribution is 2.36. The van der Waals surface area contributed by atoms with E-state index in [-0.39, 0.29) is 6.61 Å². The average molecular weight is 469 g/mol. The molecule has 1 aromatic carbocycles. The third-order valence-electron chi connectivity index (χ3n) is 5.61. The van der Waals surface area contributed by atoms with Gasteiger partial charge < -0.3 is 29.9 Å². The molecule has 0 saturated carbocycles. The molecule has 1 aliphatic heterocycles. The number of halogens is 1. The Morgan fingerprint density at radius 3 is 2.73 bits per heavy atom. The van der Waals surface area contributed by atoms with Crippen molar-refractivity contribution in [1.82, 2.24) is 30.0 Å². The standard InChI is InChI=1S/C22H25ClN8O2/c1-13-9-15-16(24-13)3-4-17(21(15)23)33-20-11-19(31-7-5-30(2)6-8-31)26-22(27-20)25-18-10-14(12-32)28-29-18/h3-4,9-11,24,32H,5-8,12H2,1-2H3,(H2,25,26,27,28,29). The maximum absolute atomic E-state index is 9.29. The maximum Gasteiger partial charge on any atom is 0.233 e. The van der Waals surface area contributed by atoms with Crippen LogP contribution in [0.25, 0.3) is 10.9 Å². The molecule has 0 bridgehead atoms. The Balaban J connectivity index is 1.48. The monoisotopic (exact) mass is 468 g/mol. The number of hydrogen-bond donors (Lipinski definition) is 4. The highest BCUT2D eigenvalue weighted by atomic mass is 35.5. The fourth-order valence-electron chi connectivity index (χ4n) is 3.82. The molecule has 0 radical (unpaired) electrons. The number of aryl methyl sites for hydroxylation is 1. The summed E-state index contributed by atoms with van der Waals surface area (Å²) >= 11 is 6.64. The molecular weight excluding hydrogens is 444 g/mol. The van der Waals surface area contributed by atoms with E-state index in [1.807, 2.05) is 31.2 Å². The summed E-state index contributed by atoms with van der Waals surface area (Å²) in [5.74, 6) is 2.48. The fraction of sp³-hybridized carbons (Fsp3) is 0.318. The Morgan fingerprint density at radius 2 is 1.97 bits per heavy atom. The first-order chi connectivity index (χ1) is 16.0. The quantitative estimate of drug-likeness (QED) is 0.340. The number of fused-ring (bicyclic) bond motifs is 1. The molecule has 0 spiro atoms. The van der Waals surface area contributed by atoms with E-state index in [4.69, 9.17) is 16.3 Å². The van der Waals surface area contributed by atoms with Crippen molar-refractivity contribution in [2.45, 2.75) is 13.5 Å². The van der Waals surface area contributed by atoms with Crippen molar-refractivity contribution >= 4 is 40.1 Å². The van der Waals surface area contributed by atoms with Crippen LogP contribution in [-0.4, -0.2) is 68.4 Å². The minimum absolute atomic E-state index is 0.134. The summed E-state index contributed by atoms with van der Waals surface area (Å²) in [5, 5.41) is 20.7. The molecule has 10 nitrogen and oxygen atoms in total. The number of nitrogens with zero attached hydrogens (tertiary/aromatic N) is 5. The number of anilines is 3. The molecule has 3 aromatic heterocycles. The van der Waals surface area contributed by atoms with Gasteiger partial charge in [0.15, 0.2) is 5.82 Å². The Kier molecular flexibility index (Phi) is 5.79. The van der Waals surface area contributed by atoms with Crippen LogP contribution < -0.4 is 15.0 Å². The largest absolute Gasteiger partial charge is 0.437 e. The molecular formula is C22H25ClN8O2. The lowest BCUT2D eigenvalue weighted by molar-refractivity contribution is 0.276. The summed E-state index contributed by atoms with van der Waals surface area (Å²) in [6.07, 6.45) is 0. The number of aromatic nitrogens is 5. The van der Waals surface area contributed by atoms with Crippen molar-refractivity contribution in [3.8, 4) is 11.6 Å². The van der Waals surface area contributed by atoms with E-state index in [9.17, 15) is 5.11 Å². The molecule has 1 aliphatic rings. The maximum atomic E-state index is 9.29. The Labute approximate surface area is 195 Å².